The summed E-state index contributed by atoms with van der Waals surface area (Å²) in [6.07, 6.45) is 0.192. The highest BCUT2D eigenvalue weighted by Gasteiger charge is 2.14. The SMILES string of the molecule is COC(=O)C[C@@H](C)OS(C)(=O)=O. The molecule has 0 unspecified atom stereocenters. The van der Waals surface area contributed by atoms with E-state index in [9.17, 15) is 13.2 Å². The Bertz CT molecular complexity index is 243. The van der Waals surface area contributed by atoms with Crippen LogP contribution in [0.4, 0.5) is 0 Å². The molecule has 0 heterocycles. The second-order valence-electron chi connectivity index (χ2n) is 2.39. The molecule has 5 nitrogen and oxygen atoms in total. The first-order valence-corrected chi connectivity index (χ1v) is 5.12. The number of hydrogen-bond donors (Lipinski definition) is 0. The Morgan fingerprint density at radius 3 is 2.33 bits per heavy atom. The highest BCUT2D eigenvalue weighted by Crippen LogP contribution is 2.02. The zero-order chi connectivity index (χ0) is 9.78. The van der Waals surface area contributed by atoms with Crippen LogP contribution in [0.3, 0.4) is 0 Å². The second-order valence-corrected chi connectivity index (χ2v) is 3.99. The van der Waals surface area contributed by atoms with Gasteiger partial charge in [-0.05, 0) is 6.92 Å². The van der Waals surface area contributed by atoms with Gasteiger partial charge in [-0.1, -0.05) is 0 Å². The number of esters is 1. The molecule has 72 valence electrons. The predicted octanol–water partition coefficient (Wildman–Crippen LogP) is -0.0858. The van der Waals surface area contributed by atoms with Crippen molar-refractivity contribution in [3.63, 3.8) is 0 Å². The number of methoxy groups -OCH3 is 1. The summed E-state index contributed by atoms with van der Waals surface area (Å²) >= 11 is 0. The third kappa shape index (κ3) is 6.11. The van der Waals surface area contributed by atoms with Crippen LogP contribution in [0.1, 0.15) is 13.3 Å². The molecule has 0 aliphatic carbocycles. The van der Waals surface area contributed by atoms with Crippen molar-refractivity contribution in [3.05, 3.63) is 0 Å². The average Bonchev–Trinajstić information content (AvgIpc) is 1.82. The molecule has 0 fully saturated rings. The molecular weight excluding hydrogens is 184 g/mol. The minimum absolute atomic E-state index is 0.0659. The highest BCUT2D eigenvalue weighted by atomic mass is 32.2. The van der Waals surface area contributed by atoms with E-state index in [1.54, 1.807) is 0 Å². The molecular formula is C6H12O5S. The van der Waals surface area contributed by atoms with Gasteiger partial charge in [0.2, 0.25) is 0 Å². The van der Waals surface area contributed by atoms with Gasteiger partial charge in [-0.2, -0.15) is 8.42 Å². The van der Waals surface area contributed by atoms with E-state index in [4.69, 9.17) is 0 Å². The Kier molecular flexibility index (Phi) is 4.19. The van der Waals surface area contributed by atoms with Crippen molar-refractivity contribution in [2.45, 2.75) is 19.4 Å². The van der Waals surface area contributed by atoms with E-state index in [1.807, 2.05) is 0 Å². The van der Waals surface area contributed by atoms with Crippen molar-refractivity contribution >= 4 is 16.1 Å². The van der Waals surface area contributed by atoms with Crippen LogP contribution >= 0.6 is 0 Å². The smallest absolute Gasteiger partial charge is 0.308 e. The van der Waals surface area contributed by atoms with E-state index in [0.29, 0.717) is 0 Å². The Morgan fingerprint density at radius 2 is 2.00 bits per heavy atom. The molecule has 0 saturated carbocycles. The molecule has 0 amide bonds. The fourth-order valence-corrected chi connectivity index (χ4v) is 1.32. The zero-order valence-electron chi connectivity index (χ0n) is 7.23. The van der Waals surface area contributed by atoms with Crippen molar-refractivity contribution in [2.24, 2.45) is 0 Å². The van der Waals surface area contributed by atoms with Gasteiger partial charge in [-0.15, -0.1) is 0 Å². The molecule has 0 aliphatic heterocycles. The van der Waals surface area contributed by atoms with Gasteiger partial charge >= 0.3 is 5.97 Å². The number of carbonyl (C=O) groups excluding carboxylic acids is 1. The fourth-order valence-electron chi connectivity index (χ4n) is 0.650. The molecule has 0 aromatic heterocycles. The van der Waals surface area contributed by atoms with E-state index >= 15 is 0 Å². The average molecular weight is 196 g/mol. The normalized spacial score (nSPS) is 13.9. The van der Waals surface area contributed by atoms with Gasteiger partial charge in [-0.3, -0.25) is 8.98 Å². The van der Waals surface area contributed by atoms with Crippen LogP contribution in [0.25, 0.3) is 0 Å². The molecule has 0 bridgehead atoms. The summed E-state index contributed by atoms with van der Waals surface area (Å²) in [4.78, 5) is 10.6. The Labute approximate surface area is 71.8 Å². The third-order valence-electron chi connectivity index (χ3n) is 1.02. The van der Waals surface area contributed by atoms with Crippen LogP contribution < -0.4 is 0 Å². The fraction of sp³-hybridized carbons (Fsp3) is 0.833. The summed E-state index contributed by atoms with van der Waals surface area (Å²) in [5.74, 6) is -0.494. The summed E-state index contributed by atoms with van der Waals surface area (Å²) in [6.45, 7) is 1.48. The summed E-state index contributed by atoms with van der Waals surface area (Å²) < 4.78 is 29.9. The van der Waals surface area contributed by atoms with Crippen LogP contribution in [-0.4, -0.2) is 33.9 Å². The van der Waals surface area contributed by atoms with Crippen LogP contribution in [-0.2, 0) is 23.8 Å². The molecule has 0 saturated heterocycles. The third-order valence-corrected chi connectivity index (χ3v) is 1.70. The Hall–Kier alpha value is -0.620. The van der Waals surface area contributed by atoms with E-state index in [-0.39, 0.29) is 6.42 Å². The Balaban J connectivity index is 3.91. The van der Waals surface area contributed by atoms with Crippen molar-refractivity contribution in [1.82, 2.24) is 0 Å². The topological polar surface area (TPSA) is 69.7 Å². The van der Waals surface area contributed by atoms with Crippen molar-refractivity contribution in [3.8, 4) is 0 Å². The quantitative estimate of drug-likeness (QED) is 0.464. The largest absolute Gasteiger partial charge is 0.469 e. The van der Waals surface area contributed by atoms with Crippen LogP contribution in [0, 0.1) is 0 Å². The van der Waals surface area contributed by atoms with Crippen LogP contribution in [0.5, 0.6) is 0 Å². The number of rotatable bonds is 4. The standard InChI is InChI=1S/C6H12O5S/c1-5(4-6(7)10-2)11-12(3,8)9/h5H,4H2,1-3H3/t5-/m1/s1. The molecule has 0 N–H and O–H groups in total. The molecule has 0 aromatic carbocycles. The van der Waals surface area contributed by atoms with Gasteiger partial charge in [0, 0.05) is 0 Å². The molecule has 0 aromatic rings. The summed E-state index contributed by atoms with van der Waals surface area (Å²) in [5.41, 5.74) is 0. The van der Waals surface area contributed by atoms with Crippen molar-refractivity contribution in [2.75, 3.05) is 13.4 Å². The van der Waals surface area contributed by atoms with Gasteiger partial charge in [0.15, 0.2) is 0 Å². The lowest BCUT2D eigenvalue weighted by atomic mass is 10.3. The van der Waals surface area contributed by atoms with Crippen LogP contribution in [0.15, 0.2) is 0 Å². The highest BCUT2D eigenvalue weighted by molar-refractivity contribution is 7.86. The second kappa shape index (κ2) is 4.42. The molecule has 0 aliphatic rings. The Morgan fingerprint density at radius 1 is 1.50 bits per heavy atom. The maximum Gasteiger partial charge on any atom is 0.308 e. The molecule has 12 heavy (non-hydrogen) atoms. The minimum Gasteiger partial charge on any atom is -0.469 e. The van der Waals surface area contributed by atoms with Crippen molar-refractivity contribution < 1.29 is 22.1 Å². The summed E-state index contributed by atoms with van der Waals surface area (Å²) in [5, 5.41) is 0. The number of hydrogen-bond acceptors (Lipinski definition) is 5. The molecule has 1 atom stereocenters. The first kappa shape index (κ1) is 11.4. The lowest BCUT2D eigenvalue weighted by molar-refractivity contribution is -0.142. The van der Waals surface area contributed by atoms with Gasteiger partial charge in [0.25, 0.3) is 10.1 Å². The lowest BCUT2D eigenvalue weighted by Gasteiger charge is -2.08. The predicted molar refractivity (Wildman–Crippen MR) is 42.0 cm³/mol. The first-order chi connectivity index (χ1) is 5.35. The van der Waals surface area contributed by atoms with E-state index in [1.165, 1.54) is 14.0 Å². The van der Waals surface area contributed by atoms with Gasteiger partial charge < -0.3 is 4.74 Å². The molecule has 0 spiro atoms. The minimum atomic E-state index is -3.48. The van der Waals surface area contributed by atoms with Gasteiger partial charge in [0.1, 0.15) is 0 Å². The number of carbonyl (C=O) groups is 1. The summed E-state index contributed by atoms with van der Waals surface area (Å²) in [6, 6.07) is 0. The maximum atomic E-state index is 10.6. The van der Waals surface area contributed by atoms with E-state index in [0.717, 1.165) is 6.26 Å². The van der Waals surface area contributed by atoms with Crippen LogP contribution in [0.2, 0.25) is 0 Å². The lowest BCUT2D eigenvalue weighted by Crippen LogP contribution is -2.18. The van der Waals surface area contributed by atoms with Crippen molar-refractivity contribution in [1.29, 1.82) is 0 Å². The first-order valence-electron chi connectivity index (χ1n) is 3.30. The zero-order valence-corrected chi connectivity index (χ0v) is 8.05. The summed E-state index contributed by atoms with van der Waals surface area (Å²) in [7, 11) is -2.25. The molecule has 6 heteroatoms. The van der Waals surface area contributed by atoms with E-state index in [2.05, 4.69) is 8.92 Å². The molecule has 0 rings (SSSR count). The van der Waals surface area contributed by atoms with Gasteiger partial charge in [-0.25, -0.2) is 0 Å². The van der Waals surface area contributed by atoms with E-state index < -0.39 is 22.2 Å². The van der Waals surface area contributed by atoms with Gasteiger partial charge in [0.05, 0.1) is 25.9 Å². The maximum absolute atomic E-state index is 10.6. The number of ether oxygens (including phenoxy) is 1. The monoisotopic (exact) mass is 196 g/mol. The molecule has 0 radical (unpaired) electrons.